The third-order valence-corrected chi connectivity index (χ3v) is 4.62. The average Bonchev–Trinajstić information content (AvgIpc) is 2.46. The van der Waals surface area contributed by atoms with E-state index in [-0.39, 0.29) is 29.2 Å². The number of hydrogen-bond acceptors (Lipinski definition) is 5. The Bertz CT molecular complexity index is 625. The first kappa shape index (κ1) is 17.1. The summed E-state index contributed by atoms with van der Waals surface area (Å²) in [5.41, 5.74) is 0.00386. The summed E-state index contributed by atoms with van der Waals surface area (Å²) < 4.78 is 23.8. The highest BCUT2D eigenvalue weighted by Crippen LogP contribution is 2.16. The topological polar surface area (TPSA) is 121 Å². The molecule has 116 valence electrons. The molecule has 0 aliphatic heterocycles. The molecule has 3 N–H and O–H groups in total. The normalized spacial score (nSPS) is 12.7. The molecule has 1 atom stereocenters. The van der Waals surface area contributed by atoms with Gasteiger partial charge in [0.15, 0.2) is 15.9 Å². The number of aliphatic carboxylic acids is 1. The number of amides is 1. The Morgan fingerprint density at radius 1 is 1.29 bits per heavy atom. The summed E-state index contributed by atoms with van der Waals surface area (Å²) in [6, 6.07) is 5.79. The highest BCUT2D eigenvalue weighted by atomic mass is 32.2. The van der Waals surface area contributed by atoms with Crippen LogP contribution in [0.5, 0.6) is 0 Å². The molecule has 1 rings (SSSR count). The molecule has 8 heteroatoms. The summed E-state index contributed by atoms with van der Waals surface area (Å²) in [7, 11) is -3.53. The number of sulfone groups is 1. The van der Waals surface area contributed by atoms with Crippen molar-refractivity contribution in [3.63, 3.8) is 0 Å². The zero-order valence-corrected chi connectivity index (χ0v) is 12.3. The van der Waals surface area contributed by atoms with Crippen molar-refractivity contribution >= 4 is 21.7 Å². The molecule has 1 aromatic rings. The third-order valence-electron chi connectivity index (χ3n) is 2.84. The van der Waals surface area contributed by atoms with Crippen LogP contribution in [0.2, 0.25) is 0 Å². The van der Waals surface area contributed by atoms with Gasteiger partial charge in [0.1, 0.15) is 0 Å². The number of aliphatic hydroxyl groups excluding tert-OH is 1. The lowest BCUT2D eigenvalue weighted by Crippen LogP contribution is -2.30. The molecule has 0 aliphatic rings. The average molecular weight is 315 g/mol. The van der Waals surface area contributed by atoms with Crippen molar-refractivity contribution in [2.24, 2.45) is 0 Å². The van der Waals surface area contributed by atoms with Gasteiger partial charge in [-0.2, -0.15) is 0 Å². The smallest absolute Gasteiger partial charge is 0.332 e. The fourth-order valence-electron chi connectivity index (χ4n) is 1.62. The molecule has 0 aliphatic carbocycles. The number of carboxylic acid groups (broad SMARTS) is 1. The quantitative estimate of drug-likeness (QED) is 0.653. The van der Waals surface area contributed by atoms with Crippen molar-refractivity contribution in [2.75, 3.05) is 12.3 Å². The van der Waals surface area contributed by atoms with Gasteiger partial charge >= 0.3 is 5.97 Å². The zero-order valence-electron chi connectivity index (χ0n) is 11.4. The van der Waals surface area contributed by atoms with E-state index in [1.807, 2.05) is 0 Å². The number of nitrogens with one attached hydrogen (secondary N) is 1. The summed E-state index contributed by atoms with van der Waals surface area (Å²) in [5.74, 6) is -2.13. The number of hydrogen-bond donors (Lipinski definition) is 3. The molecule has 0 spiro atoms. The predicted molar refractivity (Wildman–Crippen MR) is 74.8 cm³/mol. The summed E-state index contributed by atoms with van der Waals surface area (Å²) >= 11 is 0. The monoisotopic (exact) mass is 315 g/mol. The van der Waals surface area contributed by atoms with Crippen molar-refractivity contribution in [3.8, 4) is 0 Å². The number of rotatable bonds is 7. The van der Waals surface area contributed by atoms with E-state index in [0.29, 0.717) is 0 Å². The van der Waals surface area contributed by atoms with Gasteiger partial charge in [-0.3, -0.25) is 4.79 Å². The highest BCUT2D eigenvalue weighted by Gasteiger charge is 2.20. The molecule has 0 saturated carbocycles. The van der Waals surface area contributed by atoms with E-state index >= 15 is 0 Å². The van der Waals surface area contributed by atoms with Gasteiger partial charge in [0.05, 0.1) is 16.2 Å². The maximum absolute atomic E-state index is 12.0. The minimum atomic E-state index is -3.53. The molecule has 21 heavy (non-hydrogen) atoms. The van der Waals surface area contributed by atoms with Gasteiger partial charge in [0, 0.05) is 13.0 Å². The molecule has 0 aromatic heterocycles. The zero-order chi connectivity index (χ0) is 16.0. The van der Waals surface area contributed by atoms with Crippen molar-refractivity contribution in [1.82, 2.24) is 5.32 Å². The summed E-state index contributed by atoms with van der Waals surface area (Å²) in [5, 5.41) is 20.0. The summed E-state index contributed by atoms with van der Waals surface area (Å²) in [6.45, 7) is 1.40. The van der Waals surface area contributed by atoms with Crippen LogP contribution in [0.15, 0.2) is 29.2 Å². The molecule has 1 unspecified atom stereocenters. The molecule has 0 saturated heterocycles. The van der Waals surface area contributed by atoms with E-state index in [9.17, 15) is 18.0 Å². The number of carboxylic acids is 1. The van der Waals surface area contributed by atoms with Crippen LogP contribution in [-0.4, -0.2) is 48.9 Å². The Labute approximate surface area is 122 Å². The minimum absolute atomic E-state index is 0.00386. The second kappa shape index (κ2) is 7.19. The first-order chi connectivity index (χ1) is 9.79. The Morgan fingerprint density at radius 3 is 2.48 bits per heavy atom. The largest absolute Gasteiger partial charge is 0.479 e. The number of carbonyl (C=O) groups is 2. The molecule has 0 heterocycles. The maximum atomic E-state index is 12.0. The van der Waals surface area contributed by atoms with Crippen LogP contribution in [-0.2, 0) is 14.6 Å². The fourth-order valence-corrected chi connectivity index (χ4v) is 2.71. The van der Waals surface area contributed by atoms with Crippen molar-refractivity contribution in [1.29, 1.82) is 0 Å². The summed E-state index contributed by atoms with van der Waals surface area (Å²) in [4.78, 5) is 22.3. The minimum Gasteiger partial charge on any atom is -0.479 e. The van der Waals surface area contributed by atoms with Crippen molar-refractivity contribution < 1.29 is 28.2 Å². The van der Waals surface area contributed by atoms with E-state index < -0.39 is 27.8 Å². The highest BCUT2D eigenvalue weighted by molar-refractivity contribution is 7.91. The Kier molecular flexibility index (Phi) is 5.86. The molecular formula is C13H17NO6S. The van der Waals surface area contributed by atoms with Gasteiger partial charge in [-0.15, -0.1) is 0 Å². The maximum Gasteiger partial charge on any atom is 0.332 e. The van der Waals surface area contributed by atoms with E-state index in [1.165, 1.54) is 31.2 Å². The molecule has 1 amide bonds. The lowest BCUT2D eigenvalue weighted by atomic mass is 10.2. The van der Waals surface area contributed by atoms with E-state index in [2.05, 4.69) is 5.32 Å². The summed E-state index contributed by atoms with van der Waals surface area (Å²) in [6.07, 6.45) is -1.73. The second-order valence-electron chi connectivity index (χ2n) is 4.30. The first-order valence-electron chi connectivity index (χ1n) is 6.30. The van der Waals surface area contributed by atoms with Crippen LogP contribution < -0.4 is 5.32 Å². The first-order valence-corrected chi connectivity index (χ1v) is 7.95. The van der Waals surface area contributed by atoms with Gasteiger partial charge in [-0.1, -0.05) is 19.1 Å². The van der Waals surface area contributed by atoms with Crippen molar-refractivity contribution in [3.05, 3.63) is 29.8 Å². The van der Waals surface area contributed by atoms with Crippen LogP contribution in [0, 0.1) is 0 Å². The molecule has 7 nitrogen and oxygen atoms in total. The van der Waals surface area contributed by atoms with Gasteiger partial charge in [0.2, 0.25) is 0 Å². The standard InChI is InChI=1S/C13H17NO6S/c1-2-21(19,20)11-6-4-3-5-9(11)12(16)14-8-7-10(15)13(17)18/h3-6,10,15H,2,7-8H2,1H3,(H,14,16)(H,17,18). The van der Waals surface area contributed by atoms with Crippen LogP contribution in [0.25, 0.3) is 0 Å². The Balaban J connectivity index is 2.83. The SMILES string of the molecule is CCS(=O)(=O)c1ccccc1C(=O)NCCC(O)C(=O)O. The van der Waals surface area contributed by atoms with Crippen LogP contribution in [0.4, 0.5) is 0 Å². The fraction of sp³-hybridized carbons (Fsp3) is 0.385. The lowest BCUT2D eigenvalue weighted by molar-refractivity contribution is -0.146. The molecule has 1 aromatic carbocycles. The Morgan fingerprint density at radius 2 is 1.90 bits per heavy atom. The van der Waals surface area contributed by atoms with Gasteiger partial charge in [-0.25, -0.2) is 13.2 Å². The van der Waals surface area contributed by atoms with E-state index in [1.54, 1.807) is 0 Å². The lowest BCUT2D eigenvalue weighted by Gasteiger charge is -2.10. The van der Waals surface area contributed by atoms with Gasteiger partial charge in [0.25, 0.3) is 5.91 Å². The molecule has 0 radical (unpaired) electrons. The molecule has 0 bridgehead atoms. The Hall–Kier alpha value is -1.93. The van der Waals surface area contributed by atoms with Gasteiger partial charge in [-0.05, 0) is 12.1 Å². The van der Waals surface area contributed by atoms with Crippen LogP contribution >= 0.6 is 0 Å². The predicted octanol–water partition coefficient (Wildman–Crippen LogP) is 0.0456. The number of carbonyl (C=O) groups excluding carboxylic acids is 1. The molecular weight excluding hydrogens is 298 g/mol. The van der Waals surface area contributed by atoms with E-state index in [4.69, 9.17) is 10.2 Å². The van der Waals surface area contributed by atoms with Gasteiger partial charge < -0.3 is 15.5 Å². The van der Waals surface area contributed by atoms with Crippen LogP contribution in [0.1, 0.15) is 23.7 Å². The third kappa shape index (κ3) is 4.54. The second-order valence-corrected chi connectivity index (χ2v) is 6.54. The molecule has 0 fully saturated rings. The number of benzene rings is 1. The van der Waals surface area contributed by atoms with Crippen LogP contribution in [0.3, 0.4) is 0 Å². The number of aliphatic hydroxyl groups is 1. The van der Waals surface area contributed by atoms with E-state index in [0.717, 1.165) is 0 Å². The van der Waals surface area contributed by atoms with Crippen molar-refractivity contribution in [2.45, 2.75) is 24.3 Å².